The summed E-state index contributed by atoms with van der Waals surface area (Å²) in [4.78, 5) is 97.2. The number of likely N-dealkylation sites (tertiary alicyclic amines) is 1. The number of pyridine rings is 1. The molecule has 0 radical (unpaired) electrons. The van der Waals surface area contributed by atoms with E-state index in [4.69, 9.17) is 5.10 Å². The topological polar surface area (TPSA) is 207 Å². The van der Waals surface area contributed by atoms with Crippen LogP contribution >= 0.6 is 0 Å². The van der Waals surface area contributed by atoms with Gasteiger partial charge in [0.15, 0.2) is 0 Å². The van der Waals surface area contributed by atoms with E-state index in [1.807, 2.05) is 30.3 Å². The summed E-state index contributed by atoms with van der Waals surface area (Å²) in [6.07, 6.45) is 8.06. The lowest BCUT2D eigenvalue weighted by atomic mass is 9.95. The lowest BCUT2D eigenvalue weighted by Crippen LogP contribution is -2.54. The molecule has 3 aromatic carbocycles. The van der Waals surface area contributed by atoms with Gasteiger partial charge in [0.05, 0.1) is 52.2 Å². The number of fused-ring (bicyclic) bond motifs is 3. The minimum atomic E-state index is -0.986. The van der Waals surface area contributed by atoms with E-state index in [0.717, 1.165) is 91.4 Å². The number of carbonyl (C=O) groups is 6. The lowest BCUT2D eigenvalue weighted by molar-refractivity contribution is -0.136. The van der Waals surface area contributed by atoms with Crippen LogP contribution in [0.25, 0.3) is 27.9 Å². The highest BCUT2D eigenvalue weighted by Crippen LogP contribution is 2.32. The summed E-state index contributed by atoms with van der Waals surface area (Å²) >= 11 is 0. The number of imidazole rings is 1. The Balaban J connectivity index is 0.675. The zero-order valence-electron chi connectivity index (χ0n) is 37.4. The Morgan fingerprint density at radius 2 is 1.60 bits per heavy atom. The van der Waals surface area contributed by atoms with Gasteiger partial charge in [-0.15, -0.1) is 0 Å². The Bertz CT molecular complexity index is 3020. The molecular weight excluding hydrogens is 872 g/mol. The molecule has 3 fully saturated rings. The van der Waals surface area contributed by atoms with Crippen molar-refractivity contribution in [1.82, 2.24) is 49.9 Å². The smallest absolute Gasteiger partial charge is 0.262 e. The van der Waals surface area contributed by atoms with Gasteiger partial charge in [-0.3, -0.25) is 48.9 Å². The second kappa shape index (κ2) is 18.6. The third-order valence-corrected chi connectivity index (χ3v) is 13.5. The molecule has 0 aliphatic carbocycles. The number of piperazine rings is 1. The first-order valence-electron chi connectivity index (χ1n) is 22.9. The molecule has 18 nitrogen and oxygen atoms in total. The number of hydrogen-bond donors (Lipinski definition) is 3. The molecule has 10 rings (SSSR count). The highest BCUT2D eigenvalue weighted by Gasteiger charge is 2.45. The van der Waals surface area contributed by atoms with Gasteiger partial charge in [-0.1, -0.05) is 12.1 Å². The highest BCUT2D eigenvalue weighted by atomic mass is 19.1. The van der Waals surface area contributed by atoms with E-state index in [9.17, 15) is 33.2 Å². The molecule has 6 amide bonds. The number of piperidine rings is 2. The molecule has 0 saturated carbocycles. The van der Waals surface area contributed by atoms with Gasteiger partial charge in [0.1, 0.15) is 17.6 Å². The first-order valence-corrected chi connectivity index (χ1v) is 22.9. The Hall–Kier alpha value is -7.51. The van der Waals surface area contributed by atoms with E-state index in [1.165, 1.54) is 25.4 Å². The first-order chi connectivity index (χ1) is 33.0. The van der Waals surface area contributed by atoms with Crippen molar-refractivity contribution >= 4 is 63.5 Å². The van der Waals surface area contributed by atoms with Crippen molar-refractivity contribution < 1.29 is 33.2 Å². The number of nitrogens with one attached hydrogen (secondary N) is 3. The van der Waals surface area contributed by atoms with E-state index in [-0.39, 0.29) is 29.9 Å². The molecule has 1 unspecified atom stereocenters. The van der Waals surface area contributed by atoms with Crippen molar-refractivity contribution in [1.29, 1.82) is 0 Å². The molecule has 1 atom stereocenters. The van der Waals surface area contributed by atoms with Crippen LogP contribution in [0.3, 0.4) is 0 Å². The molecule has 348 valence electrons. The van der Waals surface area contributed by atoms with Crippen molar-refractivity contribution in [2.45, 2.75) is 44.6 Å². The fraction of sp³-hybridized carbons (Fsp3) is 0.347. The van der Waals surface area contributed by atoms with Crippen LogP contribution < -0.4 is 20.9 Å². The molecule has 4 aliphatic heterocycles. The average Bonchev–Trinajstić information content (AvgIpc) is 3.86. The summed E-state index contributed by atoms with van der Waals surface area (Å²) in [5.41, 5.74) is 5.44. The second-order valence-corrected chi connectivity index (χ2v) is 17.9. The number of hydrogen-bond acceptors (Lipinski definition) is 13. The van der Waals surface area contributed by atoms with Crippen LogP contribution in [-0.2, 0) is 20.8 Å². The quantitative estimate of drug-likeness (QED) is 0.150. The van der Waals surface area contributed by atoms with Crippen molar-refractivity contribution in [3.05, 3.63) is 113 Å². The number of anilines is 2. The van der Waals surface area contributed by atoms with Gasteiger partial charge >= 0.3 is 0 Å². The summed E-state index contributed by atoms with van der Waals surface area (Å²) in [5, 5.41) is 13.3. The Morgan fingerprint density at radius 1 is 0.809 bits per heavy atom. The van der Waals surface area contributed by atoms with Crippen LogP contribution in [0.2, 0.25) is 0 Å². The third kappa shape index (κ3) is 9.01. The van der Waals surface area contributed by atoms with Gasteiger partial charge < -0.3 is 20.4 Å². The molecule has 4 aliphatic rings. The third-order valence-electron chi connectivity index (χ3n) is 13.5. The van der Waals surface area contributed by atoms with Gasteiger partial charge in [-0.2, -0.15) is 5.10 Å². The Labute approximate surface area is 389 Å². The van der Waals surface area contributed by atoms with Gasteiger partial charge in [0, 0.05) is 82.2 Å². The number of rotatable bonds is 12. The molecule has 6 aromatic rings. The molecule has 0 spiro atoms. The van der Waals surface area contributed by atoms with Gasteiger partial charge in [0.2, 0.25) is 17.7 Å². The maximum Gasteiger partial charge on any atom is 0.262 e. The largest absolute Gasteiger partial charge is 0.369 e. The summed E-state index contributed by atoms with van der Waals surface area (Å²) in [6, 6.07) is 16.5. The fourth-order valence-electron chi connectivity index (χ4n) is 9.72. The summed E-state index contributed by atoms with van der Waals surface area (Å²) in [5.74, 6) is -2.30. The molecule has 19 heteroatoms. The summed E-state index contributed by atoms with van der Waals surface area (Å²) in [7, 11) is 1.45. The van der Waals surface area contributed by atoms with Crippen LogP contribution in [-0.4, -0.2) is 140 Å². The highest BCUT2D eigenvalue weighted by molar-refractivity contribution is 6.23. The maximum absolute atomic E-state index is 14.7. The van der Waals surface area contributed by atoms with Crippen LogP contribution in [0.15, 0.2) is 79.3 Å². The number of carbonyl (C=O) groups excluding carboxylic acids is 6. The zero-order chi connectivity index (χ0) is 47.1. The number of imide groups is 2. The summed E-state index contributed by atoms with van der Waals surface area (Å²) in [6.45, 7) is 6.85. The molecule has 0 bridgehead atoms. The molecular formula is C49H49FN12O6. The Morgan fingerprint density at radius 3 is 2.38 bits per heavy atom. The van der Waals surface area contributed by atoms with Gasteiger partial charge in [0.25, 0.3) is 23.5 Å². The second-order valence-electron chi connectivity index (χ2n) is 17.9. The average molecular weight is 921 g/mol. The van der Waals surface area contributed by atoms with Crippen LogP contribution in [0.1, 0.15) is 74.4 Å². The Kier molecular flexibility index (Phi) is 12.2. The lowest BCUT2D eigenvalue weighted by Gasteiger charge is -2.39. The monoisotopic (exact) mass is 920 g/mol. The molecule has 3 N–H and O–H groups in total. The standard InChI is InChI=1S/C49H49FN12O6/c1-51-45(65)37-5-3-31(23-39(37)50)41-27-54-49-53-26-35(62(49)57-41)21-30-2-7-40-32(20-30)22-33(25-52-40)55-44(64)12-15-58-13-10-29(11-14-58)28-59-16-18-60(19-17-59)34-4-6-36-38(24-34)48(68)61(47(36)67)42-8-9-43(63)56-46(42)66/h2-7,20,22-27,29,42H,8-19,21,28H2,1H3,(H,51,65)(H,55,64)(H,56,63,66). The minimum absolute atomic E-state index is 0.0567. The SMILES string of the molecule is CNC(=O)c1ccc(-c2cnc3ncc(Cc4ccc5ncc(NC(=O)CCN6CCC(CN7CCN(c8ccc9c(c8)C(=O)N(C8CCC(=O)NC8=O)C9=O)CC7)CC6)cc5c4)n3n2)cc1F. The zero-order valence-corrected chi connectivity index (χ0v) is 37.4. The van der Waals surface area contributed by atoms with Gasteiger partial charge in [-0.05, 0) is 92.4 Å². The summed E-state index contributed by atoms with van der Waals surface area (Å²) < 4.78 is 16.4. The molecule has 3 saturated heterocycles. The van der Waals surface area contributed by atoms with E-state index in [2.05, 4.69) is 45.6 Å². The molecule has 3 aromatic heterocycles. The molecule has 7 heterocycles. The van der Waals surface area contributed by atoms with Crippen LogP contribution in [0.5, 0.6) is 0 Å². The predicted molar refractivity (Wildman–Crippen MR) is 248 cm³/mol. The number of halogens is 1. The maximum atomic E-state index is 14.7. The van der Waals surface area contributed by atoms with E-state index < -0.39 is 41.4 Å². The van der Waals surface area contributed by atoms with Crippen LogP contribution in [0.4, 0.5) is 15.8 Å². The fourth-order valence-corrected chi connectivity index (χ4v) is 9.72. The first kappa shape index (κ1) is 44.3. The number of aromatic nitrogens is 5. The van der Waals surface area contributed by atoms with E-state index in [1.54, 1.807) is 35.1 Å². The van der Waals surface area contributed by atoms with Crippen molar-refractivity contribution in [3.8, 4) is 11.3 Å². The van der Waals surface area contributed by atoms with E-state index >= 15 is 0 Å². The van der Waals surface area contributed by atoms with Crippen molar-refractivity contribution in [2.75, 3.05) is 69.6 Å². The number of benzene rings is 3. The van der Waals surface area contributed by atoms with Crippen molar-refractivity contribution in [2.24, 2.45) is 5.92 Å². The molecule has 68 heavy (non-hydrogen) atoms. The number of nitrogens with zero attached hydrogens (tertiary/aromatic N) is 9. The van der Waals surface area contributed by atoms with Crippen LogP contribution in [0, 0.1) is 11.7 Å². The van der Waals surface area contributed by atoms with Gasteiger partial charge in [-0.25, -0.2) is 18.9 Å². The van der Waals surface area contributed by atoms with E-state index in [0.29, 0.717) is 53.6 Å². The predicted octanol–water partition coefficient (Wildman–Crippen LogP) is 3.69. The minimum Gasteiger partial charge on any atom is -0.369 e. The van der Waals surface area contributed by atoms with Crippen molar-refractivity contribution in [3.63, 3.8) is 0 Å². The normalized spacial score (nSPS) is 18.4. The number of amides is 6.